The van der Waals surface area contributed by atoms with Crippen LogP contribution < -0.4 is 0 Å². The van der Waals surface area contributed by atoms with Crippen molar-refractivity contribution in [2.24, 2.45) is 0 Å². The molecule has 6 nitrogen and oxygen atoms in total. The lowest BCUT2D eigenvalue weighted by atomic mass is 9.98. The topological polar surface area (TPSA) is 86.5 Å². The van der Waals surface area contributed by atoms with Crippen LogP contribution in [0.4, 0.5) is 5.69 Å². The number of halogens is 1. The minimum absolute atomic E-state index is 0.130. The molecular formula is C18H16ClNO5. The molecule has 0 atom stereocenters. The first-order valence-corrected chi connectivity index (χ1v) is 7.80. The van der Waals surface area contributed by atoms with Gasteiger partial charge in [-0.2, -0.15) is 0 Å². The average Bonchev–Trinajstić information content (AvgIpc) is 2.55. The smallest absolute Gasteiger partial charge is 0.345 e. The van der Waals surface area contributed by atoms with E-state index in [9.17, 15) is 19.7 Å². The van der Waals surface area contributed by atoms with Crippen molar-refractivity contribution >= 4 is 29.0 Å². The standard InChI is InChI=1S/C18H16ClNO5/c1-10-6-12(3)15(7-11(10)2)17(21)9-25-18(22)14-5-4-13(19)8-16(14)20(23)24/h4-8H,9H2,1-3H3. The van der Waals surface area contributed by atoms with E-state index in [1.807, 2.05) is 19.9 Å². The Bertz CT molecular complexity index is 876. The lowest BCUT2D eigenvalue weighted by molar-refractivity contribution is -0.385. The van der Waals surface area contributed by atoms with E-state index in [1.165, 1.54) is 12.1 Å². The van der Waals surface area contributed by atoms with Gasteiger partial charge in [0.05, 0.1) is 4.92 Å². The van der Waals surface area contributed by atoms with E-state index in [2.05, 4.69) is 0 Å². The Labute approximate surface area is 149 Å². The van der Waals surface area contributed by atoms with Crippen molar-refractivity contribution in [2.45, 2.75) is 20.8 Å². The molecule has 0 aliphatic heterocycles. The first-order valence-electron chi connectivity index (χ1n) is 7.43. The van der Waals surface area contributed by atoms with Crippen LogP contribution in [0.2, 0.25) is 5.02 Å². The Hall–Kier alpha value is -2.73. The summed E-state index contributed by atoms with van der Waals surface area (Å²) >= 11 is 5.71. The molecule has 0 heterocycles. The number of carbonyl (C=O) groups is 2. The Morgan fingerprint density at radius 3 is 2.32 bits per heavy atom. The van der Waals surface area contributed by atoms with E-state index in [4.69, 9.17) is 16.3 Å². The second-order valence-corrected chi connectivity index (χ2v) is 6.11. The van der Waals surface area contributed by atoms with E-state index in [0.717, 1.165) is 22.8 Å². The molecule has 0 amide bonds. The van der Waals surface area contributed by atoms with Gasteiger partial charge in [-0.15, -0.1) is 0 Å². The fraction of sp³-hybridized carbons (Fsp3) is 0.222. The Balaban J connectivity index is 2.17. The molecule has 0 saturated carbocycles. The quantitative estimate of drug-likeness (QED) is 0.344. The minimum atomic E-state index is -0.946. The van der Waals surface area contributed by atoms with Crippen LogP contribution >= 0.6 is 11.6 Å². The van der Waals surface area contributed by atoms with E-state index >= 15 is 0 Å². The summed E-state index contributed by atoms with van der Waals surface area (Å²) in [6.45, 7) is 5.12. The summed E-state index contributed by atoms with van der Waals surface area (Å²) in [7, 11) is 0. The van der Waals surface area contributed by atoms with Crippen LogP contribution in [0.1, 0.15) is 37.4 Å². The van der Waals surface area contributed by atoms with Crippen LogP contribution in [0, 0.1) is 30.9 Å². The monoisotopic (exact) mass is 361 g/mol. The SMILES string of the molecule is Cc1cc(C)c(C(=O)COC(=O)c2ccc(Cl)cc2[N+](=O)[O-])cc1C. The average molecular weight is 362 g/mol. The van der Waals surface area contributed by atoms with Gasteiger partial charge in [-0.3, -0.25) is 14.9 Å². The summed E-state index contributed by atoms with van der Waals surface area (Å²) < 4.78 is 4.96. The molecule has 0 spiro atoms. The predicted molar refractivity (Wildman–Crippen MR) is 93.4 cm³/mol. The highest BCUT2D eigenvalue weighted by atomic mass is 35.5. The van der Waals surface area contributed by atoms with Gasteiger partial charge in [0.25, 0.3) is 5.69 Å². The van der Waals surface area contributed by atoms with Crippen molar-refractivity contribution in [1.82, 2.24) is 0 Å². The summed E-state index contributed by atoms with van der Waals surface area (Å²) in [5.41, 5.74) is 2.53. The van der Waals surface area contributed by atoms with Gasteiger partial charge in [0, 0.05) is 16.7 Å². The van der Waals surface area contributed by atoms with Gasteiger partial charge in [0.2, 0.25) is 5.78 Å². The summed E-state index contributed by atoms with van der Waals surface area (Å²) in [6.07, 6.45) is 0. The highest BCUT2D eigenvalue weighted by Crippen LogP contribution is 2.24. The second-order valence-electron chi connectivity index (χ2n) is 5.67. The third-order valence-electron chi connectivity index (χ3n) is 3.85. The van der Waals surface area contributed by atoms with Crippen LogP contribution in [0.15, 0.2) is 30.3 Å². The first-order chi connectivity index (χ1) is 11.7. The van der Waals surface area contributed by atoms with Gasteiger partial charge in [0.1, 0.15) is 5.56 Å². The molecule has 0 aliphatic carbocycles. The number of ether oxygens (including phenoxy) is 1. The molecular weight excluding hydrogens is 346 g/mol. The number of nitro groups is 1. The largest absolute Gasteiger partial charge is 0.454 e. The van der Waals surface area contributed by atoms with Crippen LogP contribution in [-0.2, 0) is 4.74 Å². The van der Waals surface area contributed by atoms with Crippen LogP contribution in [-0.4, -0.2) is 23.3 Å². The number of esters is 1. The number of carbonyl (C=O) groups excluding carboxylic acids is 2. The lowest BCUT2D eigenvalue weighted by Gasteiger charge is -2.10. The Morgan fingerprint density at radius 1 is 1.04 bits per heavy atom. The van der Waals surface area contributed by atoms with Gasteiger partial charge in [-0.25, -0.2) is 4.79 Å². The number of benzene rings is 2. The molecule has 0 aromatic heterocycles. The zero-order chi connectivity index (χ0) is 18.7. The van der Waals surface area contributed by atoms with Crippen molar-refractivity contribution in [3.8, 4) is 0 Å². The van der Waals surface area contributed by atoms with Crippen LogP contribution in [0.3, 0.4) is 0 Å². The van der Waals surface area contributed by atoms with Crippen LogP contribution in [0.25, 0.3) is 0 Å². The van der Waals surface area contributed by atoms with Gasteiger partial charge >= 0.3 is 5.97 Å². The van der Waals surface area contributed by atoms with E-state index in [-0.39, 0.29) is 16.4 Å². The number of aryl methyl sites for hydroxylation is 3. The summed E-state index contributed by atoms with van der Waals surface area (Å²) in [4.78, 5) is 34.7. The van der Waals surface area contributed by atoms with Crippen molar-refractivity contribution < 1.29 is 19.2 Å². The molecule has 2 rings (SSSR count). The molecule has 0 N–H and O–H groups in total. The molecule has 7 heteroatoms. The van der Waals surface area contributed by atoms with Crippen molar-refractivity contribution in [2.75, 3.05) is 6.61 Å². The molecule has 130 valence electrons. The minimum Gasteiger partial charge on any atom is -0.454 e. The maximum Gasteiger partial charge on any atom is 0.345 e. The molecule has 2 aromatic carbocycles. The van der Waals surface area contributed by atoms with Crippen LogP contribution in [0.5, 0.6) is 0 Å². The molecule has 25 heavy (non-hydrogen) atoms. The third-order valence-corrected chi connectivity index (χ3v) is 4.09. The molecule has 0 bridgehead atoms. The molecule has 0 saturated heterocycles. The van der Waals surface area contributed by atoms with Gasteiger partial charge < -0.3 is 4.74 Å². The number of nitro benzene ring substituents is 1. The number of hydrogen-bond acceptors (Lipinski definition) is 5. The zero-order valence-electron chi connectivity index (χ0n) is 14.0. The zero-order valence-corrected chi connectivity index (χ0v) is 14.7. The molecule has 0 fully saturated rings. The van der Waals surface area contributed by atoms with E-state index in [1.54, 1.807) is 13.0 Å². The first kappa shape index (κ1) is 18.6. The van der Waals surface area contributed by atoms with Crippen molar-refractivity contribution in [1.29, 1.82) is 0 Å². The predicted octanol–water partition coefficient (Wildman–Crippen LogP) is 4.21. The highest BCUT2D eigenvalue weighted by molar-refractivity contribution is 6.31. The maximum atomic E-state index is 12.3. The third kappa shape index (κ3) is 4.22. The van der Waals surface area contributed by atoms with Gasteiger partial charge in [-0.1, -0.05) is 17.7 Å². The number of Topliss-reactive ketones (excluding diaryl/α,β-unsaturated/α-hetero) is 1. The normalized spacial score (nSPS) is 10.4. The fourth-order valence-corrected chi connectivity index (χ4v) is 2.54. The molecule has 2 aromatic rings. The summed E-state index contributed by atoms with van der Waals surface area (Å²) in [6, 6.07) is 7.24. The summed E-state index contributed by atoms with van der Waals surface area (Å²) in [5.74, 6) is -1.32. The number of ketones is 1. The number of rotatable bonds is 5. The van der Waals surface area contributed by atoms with Crippen molar-refractivity contribution in [3.63, 3.8) is 0 Å². The van der Waals surface area contributed by atoms with Crippen molar-refractivity contribution in [3.05, 3.63) is 73.3 Å². The fourth-order valence-electron chi connectivity index (χ4n) is 2.38. The van der Waals surface area contributed by atoms with E-state index in [0.29, 0.717) is 5.56 Å². The molecule has 0 unspecified atom stereocenters. The highest BCUT2D eigenvalue weighted by Gasteiger charge is 2.23. The lowest BCUT2D eigenvalue weighted by Crippen LogP contribution is -2.16. The number of hydrogen-bond donors (Lipinski definition) is 0. The van der Waals surface area contributed by atoms with E-state index < -0.39 is 23.2 Å². The second kappa shape index (κ2) is 7.44. The Kier molecular flexibility index (Phi) is 5.54. The number of nitrogens with zero attached hydrogens (tertiary/aromatic N) is 1. The summed E-state index contributed by atoms with van der Waals surface area (Å²) in [5, 5.41) is 11.2. The van der Waals surface area contributed by atoms with Gasteiger partial charge in [0.15, 0.2) is 6.61 Å². The molecule has 0 radical (unpaired) electrons. The Morgan fingerprint density at radius 2 is 1.68 bits per heavy atom. The van der Waals surface area contributed by atoms with Gasteiger partial charge in [-0.05, 0) is 55.7 Å². The molecule has 0 aliphatic rings. The maximum absolute atomic E-state index is 12.3.